The van der Waals surface area contributed by atoms with Gasteiger partial charge in [-0.1, -0.05) is 23.8 Å². The molecule has 27 heavy (non-hydrogen) atoms. The molecular weight excluding hydrogens is 340 g/mol. The predicted molar refractivity (Wildman–Crippen MR) is 106 cm³/mol. The zero-order valence-corrected chi connectivity index (χ0v) is 16.6. The maximum Gasteiger partial charge on any atom is 0.267 e. The van der Waals surface area contributed by atoms with Gasteiger partial charge in [0, 0.05) is 38.3 Å². The molecule has 1 atom stereocenters. The smallest absolute Gasteiger partial charge is 0.267 e. The summed E-state index contributed by atoms with van der Waals surface area (Å²) in [6, 6.07) is 10.0. The average Bonchev–Trinajstić information content (AvgIpc) is 2.64. The second-order valence-corrected chi connectivity index (χ2v) is 7.42. The summed E-state index contributed by atoms with van der Waals surface area (Å²) >= 11 is 0. The molecule has 1 unspecified atom stereocenters. The Morgan fingerprint density at radius 3 is 2.44 bits per heavy atom. The lowest BCUT2D eigenvalue weighted by Crippen LogP contribution is -2.50. The largest absolute Gasteiger partial charge is 0.339 e. The van der Waals surface area contributed by atoms with Crippen molar-refractivity contribution in [1.29, 1.82) is 0 Å². The van der Waals surface area contributed by atoms with Gasteiger partial charge in [0.05, 0.1) is 5.69 Å². The van der Waals surface area contributed by atoms with Gasteiger partial charge in [-0.15, -0.1) is 0 Å². The van der Waals surface area contributed by atoms with Gasteiger partial charge in [-0.3, -0.25) is 14.5 Å². The molecule has 1 saturated heterocycles. The molecule has 1 aliphatic heterocycles. The Kier molecular flexibility index (Phi) is 5.75. The quantitative estimate of drug-likeness (QED) is 0.829. The highest BCUT2D eigenvalue weighted by Crippen LogP contribution is 2.25. The molecular formula is C21H28N4O2. The van der Waals surface area contributed by atoms with Crippen molar-refractivity contribution >= 4 is 5.91 Å². The molecule has 0 aliphatic carbocycles. The lowest BCUT2D eigenvalue weighted by atomic mass is 9.99. The van der Waals surface area contributed by atoms with Crippen LogP contribution >= 0.6 is 0 Å². The summed E-state index contributed by atoms with van der Waals surface area (Å²) in [6.45, 7) is 11.3. The molecule has 3 rings (SSSR count). The SMILES string of the molecule is Cc1ccc(C(C)N2CCN(C(=O)Cn3nc(C)ccc3=O)CC2)c(C)c1. The Morgan fingerprint density at radius 2 is 1.78 bits per heavy atom. The topological polar surface area (TPSA) is 58.4 Å². The molecule has 0 bridgehead atoms. The predicted octanol–water partition coefficient (Wildman–Crippen LogP) is 2.07. The maximum absolute atomic E-state index is 12.6. The van der Waals surface area contributed by atoms with E-state index >= 15 is 0 Å². The van der Waals surface area contributed by atoms with Crippen LogP contribution < -0.4 is 5.56 Å². The van der Waals surface area contributed by atoms with Gasteiger partial charge in [0.2, 0.25) is 5.91 Å². The van der Waals surface area contributed by atoms with E-state index in [1.807, 2.05) is 11.8 Å². The molecule has 1 amide bonds. The van der Waals surface area contributed by atoms with Crippen molar-refractivity contribution in [3.63, 3.8) is 0 Å². The van der Waals surface area contributed by atoms with E-state index < -0.39 is 0 Å². The van der Waals surface area contributed by atoms with Crippen LogP contribution in [0.4, 0.5) is 0 Å². The Hall–Kier alpha value is -2.47. The molecule has 0 N–H and O–H groups in total. The van der Waals surface area contributed by atoms with Crippen LogP contribution in [0.5, 0.6) is 0 Å². The van der Waals surface area contributed by atoms with Crippen LogP contribution in [-0.2, 0) is 11.3 Å². The third-order valence-corrected chi connectivity index (χ3v) is 5.38. The number of nitrogens with zero attached hydrogens (tertiary/aromatic N) is 4. The van der Waals surface area contributed by atoms with Crippen LogP contribution in [-0.4, -0.2) is 51.7 Å². The highest BCUT2D eigenvalue weighted by Gasteiger charge is 2.25. The molecule has 6 nitrogen and oxygen atoms in total. The first kappa shape index (κ1) is 19.3. The second-order valence-electron chi connectivity index (χ2n) is 7.42. The van der Waals surface area contributed by atoms with Crippen molar-refractivity contribution in [2.24, 2.45) is 0 Å². The van der Waals surface area contributed by atoms with Gasteiger partial charge < -0.3 is 4.90 Å². The summed E-state index contributed by atoms with van der Waals surface area (Å²) in [5.74, 6) is -0.0472. The minimum absolute atomic E-state index is 0.00708. The Labute approximate surface area is 160 Å². The van der Waals surface area contributed by atoms with Gasteiger partial charge in [-0.25, -0.2) is 4.68 Å². The number of aryl methyl sites for hydroxylation is 3. The fourth-order valence-electron chi connectivity index (χ4n) is 3.74. The van der Waals surface area contributed by atoms with E-state index in [4.69, 9.17) is 0 Å². The van der Waals surface area contributed by atoms with Gasteiger partial charge >= 0.3 is 0 Å². The van der Waals surface area contributed by atoms with E-state index in [1.54, 1.807) is 6.07 Å². The average molecular weight is 368 g/mol. The number of piperazine rings is 1. The number of carbonyl (C=O) groups is 1. The number of rotatable bonds is 4. The molecule has 1 fully saturated rings. The van der Waals surface area contributed by atoms with E-state index in [1.165, 1.54) is 27.4 Å². The summed E-state index contributed by atoms with van der Waals surface area (Å²) in [7, 11) is 0. The molecule has 0 spiro atoms. The summed E-state index contributed by atoms with van der Waals surface area (Å²) in [6.07, 6.45) is 0. The van der Waals surface area contributed by atoms with E-state index in [-0.39, 0.29) is 18.0 Å². The lowest BCUT2D eigenvalue weighted by molar-refractivity contribution is -0.134. The van der Waals surface area contributed by atoms with Crippen molar-refractivity contribution in [3.8, 4) is 0 Å². The van der Waals surface area contributed by atoms with Crippen molar-refractivity contribution in [3.05, 3.63) is 63.1 Å². The molecule has 2 aromatic rings. The van der Waals surface area contributed by atoms with Crippen LogP contribution in [0, 0.1) is 20.8 Å². The van der Waals surface area contributed by atoms with Gasteiger partial charge in [-0.2, -0.15) is 5.10 Å². The Bertz CT molecular complexity index is 882. The molecule has 1 aliphatic rings. The fraction of sp³-hybridized carbons (Fsp3) is 0.476. The van der Waals surface area contributed by atoms with Crippen molar-refractivity contribution in [1.82, 2.24) is 19.6 Å². The Morgan fingerprint density at radius 1 is 1.07 bits per heavy atom. The highest BCUT2D eigenvalue weighted by atomic mass is 16.2. The molecule has 1 aromatic heterocycles. The van der Waals surface area contributed by atoms with Crippen LogP contribution in [0.15, 0.2) is 35.1 Å². The van der Waals surface area contributed by atoms with Crippen molar-refractivity contribution in [2.75, 3.05) is 26.2 Å². The third-order valence-electron chi connectivity index (χ3n) is 5.38. The molecule has 0 saturated carbocycles. The summed E-state index contributed by atoms with van der Waals surface area (Å²) in [5, 5.41) is 4.15. The molecule has 0 radical (unpaired) electrons. The zero-order chi connectivity index (χ0) is 19.6. The van der Waals surface area contributed by atoms with Gasteiger partial charge in [-0.05, 0) is 44.9 Å². The minimum atomic E-state index is -0.240. The first-order chi connectivity index (χ1) is 12.8. The summed E-state index contributed by atoms with van der Waals surface area (Å²) in [5.41, 5.74) is 4.42. The first-order valence-corrected chi connectivity index (χ1v) is 9.49. The number of amides is 1. The highest BCUT2D eigenvalue weighted by molar-refractivity contribution is 5.76. The fourth-order valence-corrected chi connectivity index (χ4v) is 3.74. The number of hydrogen-bond acceptors (Lipinski definition) is 4. The summed E-state index contributed by atoms with van der Waals surface area (Å²) < 4.78 is 1.25. The van der Waals surface area contributed by atoms with Crippen LogP contribution in [0.1, 0.15) is 35.3 Å². The summed E-state index contributed by atoms with van der Waals surface area (Å²) in [4.78, 5) is 28.7. The van der Waals surface area contributed by atoms with Crippen LogP contribution in [0.25, 0.3) is 0 Å². The second kappa shape index (κ2) is 8.05. The number of benzene rings is 1. The normalized spacial score (nSPS) is 16.4. The van der Waals surface area contributed by atoms with Gasteiger partial charge in [0.1, 0.15) is 6.54 Å². The van der Waals surface area contributed by atoms with E-state index in [0.717, 1.165) is 18.8 Å². The number of hydrogen-bond donors (Lipinski definition) is 0. The van der Waals surface area contributed by atoms with Gasteiger partial charge in [0.15, 0.2) is 0 Å². The first-order valence-electron chi connectivity index (χ1n) is 9.49. The van der Waals surface area contributed by atoms with Crippen LogP contribution in [0.2, 0.25) is 0 Å². The van der Waals surface area contributed by atoms with E-state index in [9.17, 15) is 9.59 Å². The number of aromatic nitrogens is 2. The number of carbonyl (C=O) groups excluding carboxylic acids is 1. The Balaban J connectivity index is 1.60. The lowest BCUT2D eigenvalue weighted by Gasteiger charge is -2.38. The molecule has 1 aromatic carbocycles. The minimum Gasteiger partial charge on any atom is -0.339 e. The standard InChI is InChI=1S/C21H28N4O2/c1-15-5-7-19(16(2)13-15)18(4)23-9-11-24(12-10-23)21(27)14-25-20(26)8-6-17(3)22-25/h5-8,13,18H,9-12,14H2,1-4H3. The van der Waals surface area contributed by atoms with E-state index in [2.05, 4.69) is 49.0 Å². The molecule has 2 heterocycles. The van der Waals surface area contributed by atoms with Crippen LogP contribution in [0.3, 0.4) is 0 Å². The van der Waals surface area contributed by atoms with Gasteiger partial charge in [0.25, 0.3) is 5.56 Å². The maximum atomic E-state index is 12.6. The molecule has 144 valence electrons. The zero-order valence-electron chi connectivity index (χ0n) is 16.6. The monoisotopic (exact) mass is 368 g/mol. The van der Waals surface area contributed by atoms with Crippen molar-refractivity contribution < 1.29 is 4.79 Å². The molecule has 6 heteroatoms. The van der Waals surface area contributed by atoms with Crippen molar-refractivity contribution in [2.45, 2.75) is 40.3 Å². The third kappa shape index (κ3) is 4.45. The van der Waals surface area contributed by atoms with E-state index in [0.29, 0.717) is 19.1 Å².